The summed E-state index contributed by atoms with van der Waals surface area (Å²) in [6.45, 7) is 0. The molecule has 0 aromatic carbocycles. The van der Waals surface area contributed by atoms with E-state index in [-0.39, 0.29) is 6.04 Å². The number of aromatic nitrogens is 1. The van der Waals surface area contributed by atoms with E-state index in [0.29, 0.717) is 12.2 Å². The van der Waals surface area contributed by atoms with Crippen LogP contribution >= 0.6 is 0 Å². The maximum absolute atomic E-state index is 8.33. The zero-order valence-electron chi connectivity index (χ0n) is 6.04. The molecule has 0 saturated carbocycles. The van der Waals surface area contributed by atoms with Crippen molar-refractivity contribution >= 4 is 5.82 Å². The van der Waals surface area contributed by atoms with Crippen LogP contribution in [0.3, 0.4) is 0 Å². The van der Waals surface area contributed by atoms with Crippen molar-refractivity contribution in [2.24, 2.45) is 5.73 Å². The largest absolute Gasteiger partial charge is 0.385 e. The van der Waals surface area contributed by atoms with Crippen LogP contribution in [0, 0.1) is 11.3 Å². The highest BCUT2D eigenvalue weighted by Gasteiger charge is 2.05. The first-order chi connectivity index (χ1) is 5.24. The number of nitrogens with one attached hydrogen (secondary N) is 1. The molecule has 0 aliphatic heterocycles. The van der Waals surface area contributed by atoms with E-state index >= 15 is 0 Å². The molecule has 0 fully saturated rings. The minimum atomic E-state index is -0.253. The molecule has 1 unspecified atom stereocenters. The average Bonchev–Trinajstić information content (AvgIpc) is 2.36. The summed E-state index contributed by atoms with van der Waals surface area (Å²) >= 11 is 0. The van der Waals surface area contributed by atoms with Crippen LogP contribution < -0.4 is 11.5 Å². The number of nitrogen functional groups attached to an aromatic ring is 1. The molecule has 58 valence electrons. The first-order valence-electron chi connectivity index (χ1n) is 3.31. The van der Waals surface area contributed by atoms with E-state index in [1.165, 1.54) is 0 Å². The predicted molar refractivity (Wildman–Crippen MR) is 42.4 cm³/mol. The van der Waals surface area contributed by atoms with Crippen molar-refractivity contribution in [1.29, 1.82) is 5.26 Å². The molecule has 0 radical (unpaired) electrons. The minimum Gasteiger partial charge on any atom is -0.385 e. The summed E-state index contributed by atoms with van der Waals surface area (Å²) in [7, 11) is 0. The van der Waals surface area contributed by atoms with Crippen LogP contribution in [-0.4, -0.2) is 4.98 Å². The molecule has 0 saturated heterocycles. The summed E-state index contributed by atoms with van der Waals surface area (Å²) in [5.74, 6) is 0.577. The molecule has 4 heteroatoms. The van der Waals surface area contributed by atoms with E-state index in [2.05, 4.69) is 4.98 Å². The molecule has 1 heterocycles. The monoisotopic (exact) mass is 150 g/mol. The van der Waals surface area contributed by atoms with Gasteiger partial charge in [0, 0.05) is 5.69 Å². The van der Waals surface area contributed by atoms with Gasteiger partial charge in [-0.25, -0.2) is 0 Å². The van der Waals surface area contributed by atoms with Gasteiger partial charge in [-0.3, -0.25) is 0 Å². The number of nitrogens with two attached hydrogens (primary N) is 2. The summed E-state index contributed by atoms with van der Waals surface area (Å²) < 4.78 is 0. The number of nitrogens with zero attached hydrogens (tertiary/aromatic N) is 1. The van der Waals surface area contributed by atoms with Gasteiger partial charge in [-0.15, -0.1) is 0 Å². The Kier molecular flexibility index (Phi) is 2.14. The molecule has 1 aromatic rings. The van der Waals surface area contributed by atoms with Crippen LogP contribution in [0.4, 0.5) is 5.82 Å². The number of anilines is 1. The molecule has 0 spiro atoms. The zero-order valence-corrected chi connectivity index (χ0v) is 6.04. The third kappa shape index (κ3) is 1.72. The molecule has 5 N–H and O–H groups in total. The Balaban J connectivity index is 2.70. The third-order valence-electron chi connectivity index (χ3n) is 1.44. The number of hydrogen-bond acceptors (Lipinski definition) is 3. The number of hydrogen-bond donors (Lipinski definition) is 3. The lowest BCUT2D eigenvalue weighted by Gasteiger charge is -2.02. The van der Waals surface area contributed by atoms with Crippen LogP contribution in [0.1, 0.15) is 18.2 Å². The van der Waals surface area contributed by atoms with Crippen molar-refractivity contribution in [3.8, 4) is 6.07 Å². The summed E-state index contributed by atoms with van der Waals surface area (Å²) in [5, 5.41) is 8.33. The first-order valence-corrected chi connectivity index (χ1v) is 3.31. The Hall–Kier alpha value is -1.47. The number of rotatable bonds is 2. The number of H-pyrrole nitrogens is 1. The molecular formula is C7H10N4. The standard InChI is InChI=1S/C7H10N4/c8-4-3-5(9)6-1-2-7(10)11-6/h1-2,5,11H,3,9-10H2. The second-order valence-corrected chi connectivity index (χ2v) is 2.34. The molecular weight excluding hydrogens is 140 g/mol. The SMILES string of the molecule is N#CCC(N)c1ccc(N)[nH]1. The Bertz CT molecular complexity index is 270. The first kappa shape index (κ1) is 7.63. The van der Waals surface area contributed by atoms with Crippen molar-refractivity contribution < 1.29 is 0 Å². The van der Waals surface area contributed by atoms with Crippen LogP contribution in [0.25, 0.3) is 0 Å². The van der Waals surface area contributed by atoms with Crippen molar-refractivity contribution in [3.63, 3.8) is 0 Å². The fourth-order valence-corrected chi connectivity index (χ4v) is 0.854. The Morgan fingerprint density at radius 3 is 2.82 bits per heavy atom. The topological polar surface area (TPSA) is 91.6 Å². The Morgan fingerprint density at radius 1 is 1.64 bits per heavy atom. The van der Waals surface area contributed by atoms with E-state index in [4.69, 9.17) is 16.7 Å². The fourth-order valence-electron chi connectivity index (χ4n) is 0.854. The van der Waals surface area contributed by atoms with E-state index in [1.54, 1.807) is 12.1 Å². The van der Waals surface area contributed by atoms with Crippen LogP contribution in [0.2, 0.25) is 0 Å². The van der Waals surface area contributed by atoms with Gasteiger partial charge >= 0.3 is 0 Å². The van der Waals surface area contributed by atoms with Crippen molar-refractivity contribution in [2.45, 2.75) is 12.5 Å². The third-order valence-corrected chi connectivity index (χ3v) is 1.44. The van der Waals surface area contributed by atoms with Gasteiger partial charge in [0.15, 0.2) is 0 Å². The normalized spacial score (nSPS) is 12.4. The molecule has 1 rings (SSSR count). The zero-order chi connectivity index (χ0) is 8.27. The van der Waals surface area contributed by atoms with Crippen molar-refractivity contribution in [3.05, 3.63) is 17.8 Å². The summed E-state index contributed by atoms with van der Waals surface area (Å²) in [6.07, 6.45) is 0.306. The van der Waals surface area contributed by atoms with Crippen LogP contribution in [0.5, 0.6) is 0 Å². The lowest BCUT2D eigenvalue weighted by atomic mass is 10.2. The van der Waals surface area contributed by atoms with E-state index in [0.717, 1.165) is 5.69 Å². The van der Waals surface area contributed by atoms with Gasteiger partial charge in [0.1, 0.15) is 5.82 Å². The molecule has 1 aromatic heterocycles. The van der Waals surface area contributed by atoms with Gasteiger partial charge in [0.2, 0.25) is 0 Å². The molecule has 11 heavy (non-hydrogen) atoms. The maximum atomic E-state index is 8.33. The Morgan fingerprint density at radius 2 is 2.36 bits per heavy atom. The Labute approximate surface area is 64.8 Å². The quantitative estimate of drug-likeness (QED) is 0.573. The second-order valence-electron chi connectivity index (χ2n) is 2.34. The van der Waals surface area contributed by atoms with E-state index in [1.807, 2.05) is 6.07 Å². The van der Waals surface area contributed by atoms with Crippen molar-refractivity contribution in [1.82, 2.24) is 4.98 Å². The molecule has 0 amide bonds. The minimum absolute atomic E-state index is 0.253. The summed E-state index contributed by atoms with van der Waals surface area (Å²) in [5.41, 5.74) is 11.8. The van der Waals surface area contributed by atoms with Gasteiger partial charge in [0.25, 0.3) is 0 Å². The highest BCUT2D eigenvalue weighted by atomic mass is 14.9. The van der Waals surface area contributed by atoms with Gasteiger partial charge in [0.05, 0.1) is 18.5 Å². The van der Waals surface area contributed by atoms with Crippen LogP contribution in [0.15, 0.2) is 12.1 Å². The molecule has 1 atom stereocenters. The number of nitriles is 1. The second kappa shape index (κ2) is 3.08. The average molecular weight is 150 g/mol. The van der Waals surface area contributed by atoms with E-state index in [9.17, 15) is 0 Å². The molecule has 0 aliphatic rings. The van der Waals surface area contributed by atoms with Gasteiger partial charge in [-0.05, 0) is 12.1 Å². The van der Waals surface area contributed by atoms with Crippen molar-refractivity contribution in [2.75, 3.05) is 5.73 Å². The highest BCUT2D eigenvalue weighted by Crippen LogP contribution is 2.13. The molecule has 0 aliphatic carbocycles. The summed E-state index contributed by atoms with van der Waals surface area (Å²) in [6, 6.07) is 5.25. The summed E-state index contributed by atoms with van der Waals surface area (Å²) in [4.78, 5) is 2.86. The molecule has 4 nitrogen and oxygen atoms in total. The van der Waals surface area contributed by atoms with E-state index < -0.39 is 0 Å². The smallest absolute Gasteiger partial charge is 0.100 e. The number of aromatic amines is 1. The maximum Gasteiger partial charge on any atom is 0.100 e. The van der Waals surface area contributed by atoms with Crippen LogP contribution in [-0.2, 0) is 0 Å². The lowest BCUT2D eigenvalue weighted by molar-refractivity contribution is 0.727. The van der Waals surface area contributed by atoms with Gasteiger partial charge in [-0.2, -0.15) is 5.26 Å². The van der Waals surface area contributed by atoms with Gasteiger partial charge in [-0.1, -0.05) is 0 Å². The van der Waals surface area contributed by atoms with Gasteiger partial charge < -0.3 is 16.5 Å². The fraction of sp³-hybridized carbons (Fsp3) is 0.286. The highest BCUT2D eigenvalue weighted by molar-refractivity contribution is 5.32. The predicted octanol–water partition coefficient (Wildman–Crippen LogP) is 0.510. The molecule has 0 bridgehead atoms. The lowest BCUT2D eigenvalue weighted by Crippen LogP contribution is -2.09.